The van der Waals surface area contributed by atoms with Gasteiger partial charge >= 0.3 is 0 Å². The third kappa shape index (κ3) is 4.40. The van der Waals surface area contributed by atoms with Crippen molar-refractivity contribution in [3.63, 3.8) is 0 Å². The van der Waals surface area contributed by atoms with E-state index >= 15 is 0 Å². The fourth-order valence-corrected chi connectivity index (χ4v) is 3.84. The topological polar surface area (TPSA) is 157 Å². The maximum Gasteiger partial charge on any atom is 0.238 e. The van der Waals surface area contributed by atoms with Gasteiger partial charge in [-0.05, 0) is 28.0 Å². The molecule has 154 valence electrons. The van der Waals surface area contributed by atoms with Gasteiger partial charge in [-0.1, -0.05) is 41.6 Å². The third-order valence-corrected chi connectivity index (χ3v) is 5.44. The number of hydrogen-bond acceptors (Lipinski definition) is 8. The second kappa shape index (κ2) is 8.49. The summed E-state index contributed by atoms with van der Waals surface area (Å²) in [6.07, 6.45) is 3.46. The van der Waals surface area contributed by atoms with E-state index in [0.29, 0.717) is 17.7 Å². The minimum atomic E-state index is -3.98. The van der Waals surface area contributed by atoms with E-state index in [1.807, 2.05) is 30.5 Å². The van der Waals surface area contributed by atoms with E-state index in [2.05, 4.69) is 36.3 Å². The van der Waals surface area contributed by atoms with Gasteiger partial charge in [0.2, 0.25) is 15.8 Å². The molecule has 0 saturated carbocycles. The quantitative estimate of drug-likeness (QED) is 0.346. The smallest absolute Gasteiger partial charge is 0.238 e. The summed E-state index contributed by atoms with van der Waals surface area (Å²) in [6.45, 7) is 2.17. The number of nitrogens with one attached hydrogen (secondary N) is 2. The van der Waals surface area contributed by atoms with Gasteiger partial charge in [0.15, 0.2) is 0 Å². The highest BCUT2D eigenvalue weighted by molar-refractivity contribution is 7.89. The number of hydrogen-bond donors (Lipinski definition) is 3. The molecule has 30 heavy (non-hydrogen) atoms. The summed E-state index contributed by atoms with van der Waals surface area (Å²) in [6, 6.07) is 12.6. The average Bonchev–Trinajstić information content (AvgIpc) is 3.45. The molecule has 0 fully saturated rings. The molecule has 0 aliphatic rings. The average molecular weight is 425 g/mol. The van der Waals surface area contributed by atoms with Crippen LogP contribution in [0.4, 0.5) is 0 Å². The van der Waals surface area contributed by atoms with Gasteiger partial charge in [-0.2, -0.15) is 5.21 Å². The lowest BCUT2D eigenvalue weighted by Gasteiger charge is -2.12. The maximum absolute atomic E-state index is 12.1. The van der Waals surface area contributed by atoms with Crippen LogP contribution in [0.2, 0.25) is 0 Å². The van der Waals surface area contributed by atoms with Gasteiger partial charge in [-0.15, -0.1) is 15.3 Å². The van der Waals surface area contributed by atoms with E-state index < -0.39 is 10.0 Å². The highest BCUT2D eigenvalue weighted by Crippen LogP contribution is 2.34. The molecule has 2 heterocycles. The molecule has 0 radical (unpaired) electrons. The first kappa shape index (κ1) is 19.8. The number of nitrogens with two attached hydrogens (primary N) is 1. The molecule has 0 amide bonds. The van der Waals surface area contributed by atoms with Crippen molar-refractivity contribution in [3.8, 4) is 22.5 Å². The van der Waals surface area contributed by atoms with Gasteiger partial charge in [-0.25, -0.2) is 13.6 Å². The highest BCUT2D eigenvalue weighted by atomic mass is 32.2. The molecule has 0 bridgehead atoms. The maximum atomic E-state index is 12.1. The standard InChI is InChI=1S/C18H19N9O2S/c19-30(28,29)16-3-1-2-15(17(16)18-22-24-25-23-18)14-6-4-13(5-7-14)12-20-8-10-27-11-9-21-26-27/h1-7,9,11,20H,8,10,12H2,(H2,19,28,29)(H,22,23,24,25). The number of sulfonamides is 1. The van der Waals surface area contributed by atoms with Crippen molar-refractivity contribution >= 4 is 10.0 Å². The lowest BCUT2D eigenvalue weighted by Crippen LogP contribution is -2.19. The van der Waals surface area contributed by atoms with Gasteiger partial charge in [0.1, 0.15) is 0 Å². The van der Waals surface area contributed by atoms with Crippen LogP contribution >= 0.6 is 0 Å². The van der Waals surface area contributed by atoms with Crippen LogP contribution < -0.4 is 10.5 Å². The first-order valence-electron chi connectivity index (χ1n) is 9.06. The van der Waals surface area contributed by atoms with Crippen LogP contribution in [0.1, 0.15) is 5.56 Å². The van der Waals surface area contributed by atoms with Crippen LogP contribution in [0.5, 0.6) is 0 Å². The van der Waals surface area contributed by atoms with Crippen molar-refractivity contribution < 1.29 is 8.42 Å². The molecule has 0 aliphatic heterocycles. The van der Waals surface area contributed by atoms with Gasteiger partial charge in [0.25, 0.3) is 0 Å². The third-order valence-electron chi connectivity index (χ3n) is 4.49. The molecular weight excluding hydrogens is 406 g/mol. The molecule has 0 unspecified atom stereocenters. The fourth-order valence-electron chi connectivity index (χ4n) is 3.09. The molecule has 0 saturated heterocycles. The molecule has 0 spiro atoms. The molecule has 11 nitrogen and oxygen atoms in total. The number of benzene rings is 2. The van der Waals surface area contributed by atoms with Crippen LogP contribution in [0.25, 0.3) is 22.5 Å². The van der Waals surface area contributed by atoms with E-state index in [1.54, 1.807) is 23.0 Å². The Bertz CT molecular complexity index is 1210. The van der Waals surface area contributed by atoms with Crippen LogP contribution in [0.15, 0.2) is 59.8 Å². The van der Waals surface area contributed by atoms with Crippen LogP contribution in [0.3, 0.4) is 0 Å². The second-order valence-corrected chi connectivity index (χ2v) is 8.03. The summed E-state index contributed by atoms with van der Waals surface area (Å²) in [5, 5.41) is 30.2. The summed E-state index contributed by atoms with van der Waals surface area (Å²) in [5.41, 5.74) is 2.86. The van der Waals surface area contributed by atoms with Crippen LogP contribution in [0, 0.1) is 0 Å². The van der Waals surface area contributed by atoms with Crippen molar-refractivity contribution in [2.45, 2.75) is 18.0 Å². The predicted octanol–water partition coefficient (Wildman–Crippen LogP) is 0.562. The van der Waals surface area contributed by atoms with Crippen molar-refractivity contribution in [2.24, 2.45) is 5.14 Å². The van der Waals surface area contributed by atoms with Gasteiger partial charge in [-0.3, -0.25) is 4.68 Å². The normalized spacial score (nSPS) is 11.6. The van der Waals surface area contributed by atoms with Gasteiger partial charge < -0.3 is 5.32 Å². The SMILES string of the molecule is NS(=O)(=O)c1cccc(-c2ccc(CNCCn3ccnn3)cc2)c1-c1nn[nH]n1. The number of primary sulfonamides is 1. The summed E-state index contributed by atoms with van der Waals surface area (Å²) in [5.74, 6) is 0.161. The Kier molecular flexibility index (Phi) is 5.61. The fraction of sp³-hybridized carbons (Fsp3) is 0.167. The molecular formula is C18H19N9O2S. The Morgan fingerprint density at radius 1 is 1.13 bits per heavy atom. The first-order valence-corrected chi connectivity index (χ1v) is 10.6. The van der Waals surface area contributed by atoms with Crippen molar-refractivity contribution in [1.29, 1.82) is 0 Å². The Morgan fingerprint density at radius 2 is 1.97 bits per heavy atom. The molecule has 0 aliphatic carbocycles. The van der Waals surface area contributed by atoms with Crippen LogP contribution in [-0.4, -0.2) is 50.6 Å². The van der Waals surface area contributed by atoms with Gasteiger partial charge in [0.05, 0.1) is 23.2 Å². The zero-order valence-corrected chi connectivity index (χ0v) is 16.6. The summed E-state index contributed by atoms with van der Waals surface area (Å²) >= 11 is 0. The minimum Gasteiger partial charge on any atom is -0.311 e. The number of aromatic nitrogens is 7. The molecule has 12 heteroatoms. The first-order chi connectivity index (χ1) is 14.5. The summed E-state index contributed by atoms with van der Waals surface area (Å²) in [4.78, 5) is -0.0553. The molecule has 2 aromatic heterocycles. The summed E-state index contributed by atoms with van der Waals surface area (Å²) < 4.78 is 25.9. The van der Waals surface area contributed by atoms with Crippen molar-refractivity contribution in [1.82, 2.24) is 40.9 Å². The van der Waals surface area contributed by atoms with Crippen molar-refractivity contribution in [3.05, 3.63) is 60.4 Å². The molecule has 4 aromatic rings. The Labute approximate surface area is 172 Å². The number of nitrogens with zero attached hydrogens (tertiary/aromatic N) is 6. The molecule has 2 aromatic carbocycles. The lowest BCUT2D eigenvalue weighted by atomic mass is 9.98. The van der Waals surface area contributed by atoms with Crippen molar-refractivity contribution in [2.75, 3.05) is 6.54 Å². The second-order valence-electron chi connectivity index (χ2n) is 6.50. The molecule has 0 atom stereocenters. The summed E-state index contributed by atoms with van der Waals surface area (Å²) in [7, 11) is -3.98. The highest BCUT2D eigenvalue weighted by Gasteiger charge is 2.22. The lowest BCUT2D eigenvalue weighted by molar-refractivity contribution is 0.540. The van der Waals surface area contributed by atoms with Crippen LogP contribution in [-0.2, 0) is 23.1 Å². The Hall–Kier alpha value is -3.48. The Balaban J connectivity index is 1.55. The van der Waals surface area contributed by atoms with E-state index in [1.165, 1.54) is 6.07 Å². The zero-order chi connectivity index (χ0) is 21.0. The number of H-pyrrole nitrogens is 1. The number of aromatic amines is 1. The Morgan fingerprint density at radius 3 is 2.63 bits per heavy atom. The van der Waals surface area contributed by atoms with Gasteiger partial charge in [0, 0.05) is 19.3 Å². The number of rotatable bonds is 8. The molecule has 4 N–H and O–H groups in total. The number of tetrazole rings is 1. The monoisotopic (exact) mass is 425 g/mol. The molecule has 4 rings (SSSR count). The zero-order valence-electron chi connectivity index (χ0n) is 15.8. The van der Waals surface area contributed by atoms with E-state index in [9.17, 15) is 8.42 Å². The van der Waals surface area contributed by atoms with E-state index in [0.717, 1.165) is 24.2 Å². The largest absolute Gasteiger partial charge is 0.311 e. The van der Waals surface area contributed by atoms with E-state index in [-0.39, 0.29) is 10.7 Å². The minimum absolute atomic E-state index is 0.0553. The predicted molar refractivity (Wildman–Crippen MR) is 108 cm³/mol. The van der Waals surface area contributed by atoms with E-state index in [4.69, 9.17) is 5.14 Å².